The minimum absolute atomic E-state index is 0.0366. The van der Waals surface area contributed by atoms with Crippen LogP contribution in [0.2, 0.25) is 0 Å². The summed E-state index contributed by atoms with van der Waals surface area (Å²) in [6.07, 6.45) is 6.43. The molecule has 0 spiro atoms. The van der Waals surface area contributed by atoms with E-state index >= 15 is 0 Å². The van der Waals surface area contributed by atoms with Crippen LogP contribution in [0.1, 0.15) is 43.6 Å². The van der Waals surface area contributed by atoms with Crippen LogP contribution in [0.5, 0.6) is 5.75 Å². The molecule has 5 heteroatoms. The van der Waals surface area contributed by atoms with Gasteiger partial charge in [0.2, 0.25) is 0 Å². The Morgan fingerprint density at radius 3 is 2.44 bits per heavy atom. The molecule has 1 aliphatic rings. The van der Waals surface area contributed by atoms with E-state index in [0.29, 0.717) is 5.56 Å². The van der Waals surface area contributed by atoms with Crippen molar-refractivity contribution in [1.82, 2.24) is 0 Å². The van der Waals surface area contributed by atoms with Crippen molar-refractivity contribution < 1.29 is 17.0 Å². The van der Waals surface area contributed by atoms with E-state index in [1.807, 2.05) is 0 Å². The molecule has 0 bridgehead atoms. The largest absolute Gasteiger partial charge is 0.382 e. The third-order valence-electron chi connectivity index (χ3n) is 3.26. The molecule has 0 atom stereocenters. The van der Waals surface area contributed by atoms with E-state index in [1.54, 1.807) is 6.07 Å². The average molecular weight is 272 g/mol. The number of benzene rings is 1. The Hall–Kier alpha value is -1.10. The van der Waals surface area contributed by atoms with Crippen LogP contribution < -0.4 is 4.18 Å². The monoisotopic (exact) mass is 272 g/mol. The molecule has 0 radical (unpaired) electrons. The molecule has 1 aromatic carbocycles. The van der Waals surface area contributed by atoms with Crippen molar-refractivity contribution in [3.05, 3.63) is 29.6 Å². The smallest absolute Gasteiger partial charge is 0.306 e. The lowest BCUT2D eigenvalue weighted by atomic mass is 9.84. The van der Waals surface area contributed by atoms with E-state index in [2.05, 4.69) is 4.18 Å². The first kappa shape index (κ1) is 13.3. The van der Waals surface area contributed by atoms with Crippen LogP contribution >= 0.6 is 0 Å². The maximum absolute atomic E-state index is 13.9. The Bertz CT molecular complexity index is 519. The molecule has 0 unspecified atom stereocenters. The Morgan fingerprint density at radius 1 is 1.22 bits per heavy atom. The van der Waals surface area contributed by atoms with E-state index in [-0.39, 0.29) is 17.5 Å². The van der Waals surface area contributed by atoms with Crippen LogP contribution in [0, 0.1) is 5.82 Å². The molecule has 1 aliphatic carbocycles. The summed E-state index contributed by atoms with van der Waals surface area (Å²) in [6, 6.07) is 4.32. The zero-order chi connectivity index (χ0) is 13.2. The molecular weight excluding hydrogens is 255 g/mol. The lowest BCUT2D eigenvalue weighted by molar-refractivity contribution is 0.428. The summed E-state index contributed by atoms with van der Waals surface area (Å²) in [5, 5.41) is 0. The van der Waals surface area contributed by atoms with Crippen molar-refractivity contribution in [1.29, 1.82) is 0 Å². The quantitative estimate of drug-likeness (QED) is 0.793. The van der Waals surface area contributed by atoms with Crippen molar-refractivity contribution in [2.24, 2.45) is 0 Å². The lowest BCUT2D eigenvalue weighted by Gasteiger charge is -2.22. The molecule has 0 saturated heterocycles. The van der Waals surface area contributed by atoms with Crippen LogP contribution in [-0.2, 0) is 10.1 Å². The van der Waals surface area contributed by atoms with Crippen LogP contribution in [0.4, 0.5) is 4.39 Å². The second kappa shape index (κ2) is 5.26. The number of rotatable bonds is 3. The fourth-order valence-electron chi connectivity index (χ4n) is 2.48. The van der Waals surface area contributed by atoms with Gasteiger partial charge in [0.25, 0.3) is 0 Å². The maximum Gasteiger partial charge on any atom is 0.306 e. The van der Waals surface area contributed by atoms with Crippen LogP contribution in [0.25, 0.3) is 0 Å². The van der Waals surface area contributed by atoms with E-state index < -0.39 is 10.1 Å². The third-order valence-corrected chi connectivity index (χ3v) is 3.76. The molecular formula is C13H17FO3S. The fourth-order valence-corrected chi connectivity index (χ4v) is 2.93. The summed E-state index contributed by atoms with van der Waals surface area (Å²) in [7, 11) is -3.60. The topological polar surface area (TPSA) is 43.4 Å². The highest BCUT2D eigenvalue weighted by Crippen LogP contribution is 2.35. The van der Waals surface area contributed by atoms with Gasteiger partial charge in [-0.05, 0) is 30.4 Å². The Labute approximate surface area is 107 Å². The predicted octanol–water partition coefficient (Wildman–Crippen LogP) is 3.21. The molecule has 0 aliphatic heterocycles. The zero-order valence-corrected chi connectivity index (χ0v) is 11.2. The summed E-state index contributed by atoms with van der Waals surface area (Å²) in [4.78, 5) is 0. The van der Waals surface area contributed by atoms with Gasteiger partial charge in [-0.25, -0.2) is 4.39 Å². The fraction of sp³-hybridized carbons (Fsp3) is 0.538. The SMILES string of the molecule is CS(=O)(=O)Oc1ccc(C2CCCCC2)c(F)c1. The number of halogens is 1. The Kier molecular flexibility index (Phi) is 3.90. The predicted molar refractivity (Wildman–Crippen MR) is 67.7 cm³/mol. The molecule has 0 aromatic heterocycles. The lowest BCUT2D eigenvalue weighted by Crippen LogP contribution is -2.08. The summed E-state index contributed by atoms with van der Waals surface area (Å²) >= 11 is 0. The van der Waals surface area contributed by atoms with E-state index in [1.165, 1.54) is 12.5 Å². The summed E-state index contributed by atoms with van der Waals surface area (Å²) in [5.74, 6) is -0.0800. The van der Waals surface area contributed by atoms with Crippen molar-refractivity contribution in [2.45, 2.75) is 38.0 Å². The first-order valence-corrected chi connectivity index (χ1v) is 7.96. The van der Waals surface area contributed by atoms with Gasteiger partial charge in [0, 0.05) is 6.07 Å². The van der Waals surface area contributed by atoms with Crippen molar-refractivity contribution in [3.63, 3.8) is 0 Å². The molecule has 0 amide bonds. The molecule has 0 heterocycles. The van der Waals surface area contributed by atoms with E-state index in [9.17, 15) is 12.8 Å². The van der Waals surface area contributed by atoms with Crippen LogP contribution in [0.3, 0.4) is 0 Å². The van der Waals surface area contributed by atoms with Gasteiger partial charge in [-0.2, -0.15) is 8.42 Å². The van der Waals surface area contributed by atoms with Gasteiger partial charge in [0.1, 0.15) is 11.6 Å². The number of hydrogen-bond acceptors (Lipinski definition) is 3. The third kappa shape index (κ3) is 3.45. The van der Waals surface area contributed by atoms with E-state index in [0.717, 1.165) is 38.0 Å². The summed E-state index contributed by atoms with van der Waals surface area (Å²) in [6.45, 7) is 0. The highest BCUT2D eigenvalue weighted by atomic mass is 32.2. The summed E-state index contributed by atoms with van der Waals surface area (Å²) in [5.41, 5.74) is 0.676. The molecule has 1 saturated carbocycles. The molecule has 1 aromatic rings. The van der Waals surface area contributed by atoms with Gasteiger partial charge in [-0.15, -0.1) is 0 Å². The van der Waals surface area contributed by atoms with Gasteiger partial charge < -0.3 is 4.18 Å². The standard InChI is InChI=1S/C13H17FO3S/c1-18(15,16)17-11-7-8-12(13(14)9-11)10-5-3-2-4-6-10/h7-10H,2-6H2,1H3. The van der Waals surface area contributed by atoms with Gasteiger partial charge in [0.15, 0.2) is 0 Å². The van der Waals surface area contributed by atoms with Gasteiger partial charge >= 0.3 is 10.1 Å². The minimum Gasteiger partial charge on any atom is -0.382 e. The van der Waals surface area contributed by atoms with E-state index in [4.69, 9.17) is 0 Å². The second-order valence-electron chi connectivity index (χ2n) is 4.81. The highest BCUT2D eigenvalue weighted by molar-refractivity contribution is 7.86. The molecule has 1 fully saturated rings. The van der Waals surface area contributed by atoms with Crippen molar-refractivity contribution in [3.8, 4) is 5.75 Å². The Morgan fingerprint density at radius 2 is 1.89 bits per heavy atom. The first-order valence-electron chi connectivity index (χ1n) is 6.14. The normalized spacial score (nSPS) is 17.7. The van der Waals surface area contributed by atoms with Crippen molar-refractivity contribution >= 4 is 10.1 Å². The van der Waals surface area contributed by atoms with Gasteiger partial charge in [-0.3, -0.25) is 0 Å². The minimum atomic E-state index is -3.60. The van der Waals surface area contributed by atoms with Crippen LogP contribution in [-0.4, -0.2) is 14.7 Å². The molecule has 0 N–H and O–H groups in total. The van der Waals surface area contributed by atoms with Crippen molar-refractivity contribution in [2.75, 3.05) is 6.26 Å². The molecule has 2 rings (SSSR count). The number of hydrogen-bond donors (Lipinski definition) is 0. The average Bonchev–Trinajstić information content (AvgIpc) is 2.28. The molecule has 3 nitrogen and oxygen atoms in total. The molecule has 18 heavy (non-hydrogen) atoms. The first-order chi connectivity index (χ1) is 8.46. The van der Waals surface area contributed by atoms with Crippen LogP contribution in [0.15, 0.2) is 18.2 Å². The molecule has 100 valence electrons. The second-order valence-corrected chi connectivity index (χ2v) is 6.38. The van der Waals surface area contributed by atoms with Gasteiger partial charge in [0.05, 0.1) is 6.26 Å². The zero-order valence-electron chi connectivity index (χ0n) is 10.4. The van der Waals surface area contributed by atoms with Gasteiger partial charge in [-0.1, -0.05) is 25.3 Å². The summed E-state index contributed by atoms with van der Waals surface area (Å²) < 4.78 is 40.5. The Balaban J connectivity index is 2.19. The highest BCUT2D eigenvalue weighted by Gasteiger charge is 2.19. The maximum atomic E-state index is 13.9.